The third kappa shape index (κ3) is 2.00. The van der Waals surface area contributed by atoms with E-state index in [1.165, 1.54) is 36.8 Å². The van der Waals surface area contributed by atoms with Gasteiger partial charge in [-0.15, -0.1) is 0 Å². The van der Waals surface area contributed by atoms with E-state index < -0.39 is 0 Å². The minimum Gasteiger partial charge on any atom is -0.0807 e. The average Bonchev–Trinajstić information content (AvgIpc) is 2.19. The summed E-state index contributed by atoms with van der Waals surface area (Å²) >= 11 is 0. The second-order valence-electron chi connectivity index (χ2n) is 3.68. The Morgan fingerprint density at radius 2 is 2.08 bits per heavy atom. The molecule has 0 spiro atoms. The molecule has 1 aromatic rings. The fourth-order valence-corrected chi connectivity index (χ4v) is 1.87. The lowest BCUT2D eigenvalue weighted by molar-refractivity contribution is 0.742. The maximum absolute atomic E-state index is 3.95. The standard InChI is InChI=1S/C13H15/c1-11-6-5-9-13(10-11)12-7-3-2-4-8-12/h5-7,9-10H,1-4,8H2. The highest BCUT2D eigenvalue weighted by atomic mass is 14.1. The van der Waals surface area contributed by atoms with Crippen molar-refractivity contribution in [3.8, 4) is 0 Å². The molecule has 0 saturated heterocycles. The van der Waals surface area contributed by atoms with Crippen molar-refractivity contribution in [1.29, 1.82) is 0 Å². The third-order valence-corrected chi connectivity index (χ3v) is 2.59. The van der Waals surface area contributed by atoms with Crippen LogP contribution in [-0.2, 0) is 0 Å². The molecule has 0 unspecified atom stereocenters. The molecule has 1 aliphatic rings. The lowest BCUT2D eigenvalue weighted by Crippen LogP contribution is -1.91. The van der Waals surface area contributed by atoms with Crippen molar-refractivity contribution in [2.45, 2.75) is 25.7 Å². The van der Waals surface area contributed by atoms with Crippen LogP contribution in [0.25, 0.3) is 5.57 Å². The highest BCUT2D eigenvalue weighted by Gasteiger charge is 2.05. The van der Waals surface area contributed by atoms with Gasteiger partial charge in [0, 0.05) is 0 Å². The number of hydrogen-bond donors (Lipinski definition) is 0. The predicted molar refractivity (Wildman–Crippen MR) is 57.3 cm³/mol. The Bertz CT molecular complexity index is 321. The van der Waals surface area contributed by atoms with Gasteiger partial charge in [0.25, 0.3) is 0 Å². The molecule has 0 aliphatic heterocycles. The Morgan fingerprint density at radius 1 is 1.15 bits per heavy atom. The zero-order chi connectivity index (χ0) is 9.10. The van der Waals surface area contributed by atoms with Gasteiger partial charge in [0.15, 0.2) is 0 Å². The Balaban J connectivity index is 2.29. The summed E-state index contributed by atoms with van der Waals surface area (Å²) in [5.41, 5.74) is 3.99. The zero-order valence-corrected chi connectivity index (χ0v) is 7.92. The van der Waals surface area contributed by atoms with Crippen LogP contribution in [0.2, 0.25) is 0 Å². The molecule has 0 fully saturated rings. The first-order valence-corrected chi connectivity index (χ1v) is 4.98. The minimum atomic E-state index is 1.11. The van der Waals surface area contributed by atoms with Gasteiger partial charge in [-0.1, -0.05) is 30.3 Å². The quantitative estimate of drug-likeness (QED) is 0.602. The van der Waals surface area contributed by atoms with Crippen molar-refractivity contribution in [1.82, 2.24) is 0 Å². The van der Waals surface area contributed by atoms with Gasteiger partial charge in [0.1, 0.15) is 0 Å². The maximum Gasteiger partial charge on any atom is -0.0225 e. The summed E-state index contributed by atoms with van der Waals surface area (Å²) in [6.07, 6.45) is 7.55. The van der Waals surface area contributed by atoms with Crippen LogP contribution < -0.4 is 0 Å². The van der Waals surface area contributed by atoms with Crippen molar-refractivity contribution in [2.24, 2.45) is 0 Å². The van der Waals surface area contributed by atoms with E-state index in [1.54, 1.807) is 0 Å². The summed E-state index contributed by atoms with van der Waals surface area (Å²) in [6, 6.07) is 8.50. The van der Waals surface area contributed by atoms with E-state index in [4.69, 9.17) is 0 Å². The number of hydrogen-bond acceptors (Lipinski definition) is 0. The molecular formula is C13H15. The summed E-state index contributed by atoms with van der Waals surface area (Å²) in [5.74, 6) is 0. The molecule has 13 heavy (non-hydrogen) atoms. The van der Waals surface area contributed by atoms with Crippen LogP contribution in [0.5, 0.6) is 0 Å². The Hall–Kier alpha value is -1.04. The van der Waals surface area contributed by atoms with Gasteiger partial charge >= 0.3 is 0 Å². The summed E-state index contributed by atoms with van der Waals surface area (Å²) in [5, 5.41) is 0. The molecule has 0 heterocycles. The molecule has 0 aromatic heterocycles. The number of rotatable bonds is 1. The topological polar surface area (TPSA) is 0 Å². The molecule has 0 bridgehead atoms. The second kappa shape index (κ2) is 3.78. The third-order valence-electron chi connectivity index (χ3n) is 2.59. The highest BCUT2D eigenvalue weighted by Crippen LogP contribution is 2.26. The fraction of sp³-hybridized carbons (Fsp3) is 0.308. The van der Waals surface area contributed by atoms with E-state index in [1.807, 2.05) is 6.07 Å². The van der Waals surface area contributed by atoms with Gasteiger partial charge in [-0.3, -0.25) is 0 Å². The smallest absolute Gasteiger partial charge is 0.0225 e. The zero-order valence-electron chi connectivity index (χ0n) is 7.92. The van der Waals surface area contributed by atoms with Crippen molar-refractivity contribution < 1.29 is 0 Å². The second-order valence-corrected chi connectivity index (χ2v) is 3.68. The van der Waals surface area contributed by atoms with Crippen LogP contribution in [0.1, 0.15) is 36.8 Å². The van der Waals surface area contributed by atoms with Crippen LogP contribution in [0.3, 0.4) is 0 Å². The maximum atomic E-state index is 3.95. The van der Waals surface area contributed by atoms with E-state index in [-0.39, 0.29) is 0 Å². The van der Waals surface area contributed by atoms with E-state index in [0.717, 1.165) is 5.56 Å². The molecule has 0 heteroatoms. The van der Waals surface area contributed by atoms with Crippen LogP contribution in [0, 0.1) is 6.92 Å². The molecule has 0 atom stereocenters. The predicted octanol–water partition coefficient (Wildman–Crippen LogP) is 3.83. The average molecular weight is 171 g/mol. The fourth-order valence-electron chi connectivity index (χ4n) is 1.87. The summed E-state index contributed by atoms with van der Waals surface area (Å²) in [7, 11) is 0. The van der Waals surface area contributed by atoms with E-state index in [0.29, 0.717) is 0 Å². The molecule has 2 rings (SSSR count). The lowest BCUT2D eigenvalue weighted by Gasteiger charge is -2.12. The molecule has 1 radical (unpaired) electrons. The van der Waals surface area contributed by atoms with Gasteiger partial charge in [-0.05, 0) is 49.3 Å². The summed E-state index contributed by atoms with van der Waals surface area (Å²) in [6.45, 7) is 3.95. The first-order valence-electron chi connectivity index (χ1n) is 4.98. The van der Waals surface area contributed by atoms with E-state index in [2.05, 4.69) is 31.2 Å². The Morgan fingerprint density at radius 3 is 2.77 bits per heavy atom. The normalized spacial score (nSPS) is 16.8. The lowest BCUT2D eigenvalue weighted by atomic mass is 9.93. The first kappa shape index (κ1) is 8.55. The largest absolute Gasteiger partial charge is 0.0807 e. The van der Waals surface area contributed by atoms with E-state index >= 15 is 0 Å². The van der Waals surface area contributed by atoms with Gasteiger partial charge in [-0.2, -0.15) is 0 Å². The van der Waals surface area contributed by atoms with Crippen molar-refractivity contribution >= 4 is 5.57 Å². The summed E-state index contributed by atoms with van der Waals surface area (Å²) < 4.78 is 0. The van der Waals surface area contributed by atoms with Crippen LogP contribution in [-0.4, -0.2) is 0 Å². The number of benzene rings is 1. The highest BCUT2D eigenvalue weighted by molar-refractivity contribution is 5.66. The molecule has 0 amide bonds. The van der Waals surface area contributed by atoms with E-state index in [9.17, 15) is 0 Å². The molecular weight excluding hydrogens is 156 g/mol. The van der Waals surface area contributed by atoms with Crippen LogP contribution >= 0.6 is 0 Å². The van der Waals surface area contributed by atoms with Gasteiger partial charge in [0.2, 0.25) is 0 Å². The minimum absolute atomic E-state index is 1.11. The van der Waals surface area contributed by atoms with Crippen molar-refractivity contribution in [2.75, 3.05) is 0 Å². The van der Waals surface area contributed by atoms with Crippen LogP contribution in [0.15, 0.2) is 30.3 Å². The van der Waals surface area contributed by atoms with Crippen molar-refractivity contribution in [3.05, 3.63) is 48.4 Å². The van der Waals surface area contributed by atoms with Gasteiger partial charge in [-0.25, -0.2) is 0 Å². The first-order chi connectivity index (χ1) is 6.36. The SMILES string of the molecule is [CH2]c1cccc(C2=CCCCC2)c1. The summed E-state index contributed by atoms with van der Waals surface area (Å²) in [4.78, 5) is 0. The molecule has 1 aromatic carbocycles. The molecule has 0 N–H and O–H groups in total. The van der Waals surface area contributed by atoms with Gasteiger partial charge < -0.3 is 0 Å². The molecule has 1 aliphatic carbocycles. The van der Waals surface area contributed by atoms with Gasteiger partial charge in [0.05, 0.1) is 0 Å². The molecule has 0 nitrogen and oxygen atoms in total. The molecule has 67 valence electrons. The Labute approximate surface area is 80.3 Å². The van der Waals surface area contributed by atoms with Crippen molar-refractivity contribution in [3.63, 3.8) is 0 Å². The molecule has 0 saturated carbocycles. The Kier molecular flexibility index (Phi) is 2.49. The monoisotopic (exact) mass is 171 g/mol. The van der Waals surface area contributed by atoms with Crippen LogP contribution in [0.4, 0.5) is 0 Å². The number of allylic oxidation sites excluding steroid dienone is 2.